The summed E-state index contributed by atoms with van der Waals surface area (Å²) in [4.78, 5) is 44.5. The Kier molecular flexibility index (Phi) is 10.6. The first-order valence-corrected chi connectivity index (χ1v) is 15.1. The first kappa shape index (κ1) is 34.0. The minimum atomic E-state index is -0.252. The van der Waals surface area contributed by atoms with Gasteiger partial charge >= 0.3 is 19.5 Å². The van der Waals surface area contributed by atoms with Gasteiger partial charge in [-0.05, 0) is 75.7 Å². The van der Waals surface area contributed by atoms with Gasteiger partial charge < -0.3 is 9.97 Å². The van der Waals surface area contributed by atoms with E-state index in [-0.39, 0.29) is 44.1 Å². The van der Waals surface area contributed by atoms with Crippen molar-refractivity contribution in [3.63, 3.8) is 0 Å². The van der Waals surface area contributed by atoms with E-state index in [1.165, 1.54) is 11.1 Å². The number of aromatic nitrogens is 4. The number of nitrogens with zero attached hydrogens (tertiary/aromatic N) is 4. The molecule has 6 N–H and O–H groups in total. The number of rotatable bonds is 8. The smallest absolute Gasteiger partial charge is 0.657 e. The van der Waals surface area contributed by atoms with Crippen molar-refractivity contribution < 1.29 is 29.1 Å². The Morgan fingerprint density at radius 3 is 1.60 bits per heavy atom. The van der Waals surface area contributed by atoms with Gasteiger partial charge in [0.05, 0.1) is 22.8 Å². The van der Waals surface area contributed by atoms with Crippen molar-refractivity contribution in [3.05, 3.63) is 69.3 Å². The van der Waals surface area contributed by atoms with E-state index in [0.717, 1.165) is 91.1 Å². The van der Waals surface area contributed by atoms with E-state index in [0.29, 0.717) is 12.8 Å². The van der Waals surface area contributed by atoms with Crippen molar-refractivity contribution in [2.24, 2.45) is 11.7 Å². The van der Waals surface area contributed by atoms with Gasteiger partial charge in [-0.3, -0.25) is 20.4 Å². The summed E-state index contributed by atoms with van der Waals surface area (Å²) >= 11 is 0. The molecule has 0 atom stereocenters. The second-order valence-electron chi connectivity index (χ2n) is 11.4. The van der Waals surface area contributed by atoms with E-state index in [4.69, 9.17) is 31.6 Å². The van der Waals surface area contributed by atoms with Gasteiger partial charge in [-0.2, -0.15) is 0 Å². The zero-order valence-corrected chi connectivity index (χ0v) is 30.0. The van der Waals surface area contributed by atoms with Gasteiger partial charge in [-0.25, -0.2) is 21.7 Å². The molecule has 3 aromatic rings. The molecular formula is C34H40N8O2Zn. The van der Waals surface area contributed by atoms with Crippen LogP contribution < -0.4 is 32.5 Å². The molecule has 0 aliphatic carbocycles. The summed E-state index contributed by atoms with van der Waals surface area (Å²) in [6.45, 7) is 12.5. The molecular weight excluding hydrogens is 618 g/mol. The Balaban J connectivity index is 0.00000461. The van der Waals surface area contributed by atoms with Crippen LogP contribution in [0.5, 0.6) is 0 Å². The van der Waals surface area contributed by atoms with Gasteiger partial charge in [0.2, 0.25) is 11.8 Å². The number of fused-ring (bicyclic) bond motifs is 8. The number of nitrogens with one attached hydrogen (secondary N) is 2. The van der Waals surface area contributed by atoms with Crippen LogP contribution in [0.25, 0.3) is 44.4 Å². The molecule has 8 bridgehead atoms. The molecule has 45 heavy (non-hydrogen) atoms. The molecule has 230 valence electrons. The van der Waals surface area contributed by atoms with Crippen molar-refractivity contribution >= 4 is 56.2 Å². The maximum atomic E-state index is 12.1. The van der Waals surface area contributed by atoms with E-state index in [2.05, 4.69) is 44.6 Å². The van der Waals surface area contributed by atoms with Crippen LogP contribution in [0.15, 0.2) is 24.3 Å². The normalized spacial score (nSPS) is 12.8. The Morgan fingerprint density at radius 2 is 1.09 bits per heavy atom. The van der Waals surface area contributed by atoms with Crippen LogP contribution in [0.3, 0.4) is 0 Å². The number of aryl methyl sites for hydroxylation is 4. The van der Waals surface area contributed by atoms with Crippen molar-refractivity contribution in [1.82, 2.24) is 30.8 Å². The predicted molar refractivity (Wildman–Crippen MR) is 175 cm³/mol. The zero-order valence-electron chi connectivity index (χ0n) is 27.0. The molecule has 0 spiro atoms. The third-order valence-electron chi connectivity index (χ3n) is 8.87. The van der Waals surface area contributed by atoms with Crippen LogP contribution >= 0.6 is 0 Å². The number of nitrogens with two attached hydrogens (primary N) is 2. The van der Waals surface area contributed by atoms with Crippen molar-refractivity contribution in [2.45, 2.75) is 80.1 Å². The number of hydrogen-bond acceptors (Lipinski definition) is 6. The van der Waals surface area contributed by atoms with Gasteiger partial charge in [-0.15, -0.1) is 22.1 Å². The summed E-state index contributed by atoms with van der Waals surface area (Å²) in [5, 5.41) is 0. The fourth-order valence-corrected chi connectivity index (χ4v) is 6.21. The molecule has 2 aliphatic rings. The summed E-state index contributed by atoms with van der Waals surface area (Å²) in [6, 6.07) is 8.12. The largest absolute Gasteiger partial charge is 2.00 e. The Bertz CT molecular complexity index is 1900. The molecule has 2 aliphatic heterocycles. The van der Waals surface area contributed by atoms with Crippen molar-refractivity contribution in [1.29, 1.82) is 0 Å². The Labute approximate surface area is 276 Å². The quantitative estimate of drug-likeness (QED) is 0.117. The topological polar surface area (TPSA) is 164 Å². The molecule has 10 nitrogen and oxygen atoms in total. The van der Waals surface area contributed by atoms with Gasteiger partial charge in [0, 0.05) is 12.8 Å². The minimum Gasteiger partial charge on any atom is -0.657 e. The molecule has 5 rings (SSSR count). The van der Waals surface area contributed by atoms with Crippen LogP contribution in [-0.2, 0) is 41.9 Å². The molecule has 3 aromatic heterocycles. The molecule has 5 heterocycles. The number of hydrogen-bond donors (Lipinski definition) is 4. The van der Waals surface area contributed by atoms with Crippen molar-refractivity contribution in [3.8, 4) is 0 Å². The maximum Gasteiger partial charge on any atom is 2.00 e. The van der Waals surface area contributed by atoms with Gasteiger partial charge in [0.25, 0.3) is 0 Å². The van der Waals surface area contributed by atoms with E-state index in [1.807, 2.05) is 32.0 Å². The van der Waals surface area contributed by atoms with Gasteiger partial charge in [0.1, 0.15) is 0 Å². The fraction of sp³-hybridized carbons (Fsp3) is 0.353. The number of amides is 2. The standard InChI is InChI=1S/C34H42N8O2.Zn/c1-7-21-17(3)25-13-27-19(5)23(9-11-33(43)41-35)31(39-27)16-32-24(10-12-34(44)42-36)20(6)28(40-32)14-26-18(4)22(8-2)30(38-26)15-29(21)37-25;/h13-16H,7-12H2,1-6H3,(H8,35,36,37,38,39,40,41,42,43,44);/q;+2/p-2. The number of carbonyl (C=O) groups excluding carboxylic acids is 2. The Hall–Kier alpha value is -3.92. The van der Waals surface area contributed by atoms with Crippen LogP contribution in [-0.4, -0.2) is 21.8 Å². The monoisotopic (exact) mass is 656 g/mol. The minimum absolute atomic E-state index is 0. The SMILES string of the molecule is CCC1=C(C)c2cc3[n-]c(cc4nc(cc5[n-]c(cc1n2)c(CC)c5C)C(C)=C4CCC(=O)NN)c(CCC(=O)NN)c3C.[Zn+2]. The van der Waals surface area contributed by atoms with Crippen LogP contribution in [0.2, 0.25) is 0 Å². The molecule has 0 saturated carbocycles. The third-order valence-corrected chi connectivity index (χ3v) is 8.87. The maximum absolute atomic E-state index is 12.1. The molecule has 0 fully saturated rings. The first-order chi connectivity index (χ1) is 21.1. The van der Waals surface area contributed by atoms with Gasteiger partial charge in [-0.1, -0.05) is 60.4 Å². The third kappa shape index (κ3) is 6.57. The average Bonchev–Trinajstić information content (AvgIpc) is 3.67. The molecule has 0 unspecified atom stereocenters. The first-order valence-electron chi connectivity index (χ1n) is 15.1. The predicted octanol–water partition coefficient (Wildman–Crippen LogP) is 4.71. The summed E-state index contributed by atoms with van der Waals surface area (Å²) in [5.41, 5.74) is 19.5. The van der Waals surface area contributed by atoms with Crippen molar-refractivity contribution in [2.75, 3.05) is 0 Å². The van der Waals surface area contributed by atoms with Crippen LogP contribution in [0, 0.1) is 13.8 Å². The summed E-state index contributed by atoms with van der Waals surface area (Å²) < 4.78 is 0. The molecule has 2 amide bonds. The van der Waals surface area contributed by atoms with E-state index in [9.17, 15) is 9.59 Å². The van der Waals surface area contributed by atoms with E-state index < -0.39 is 0 Å². The van der Waals surface area contributed by atoms with Crippen LogP contribution in [0.4, 0.5) is 0 Å². The molecule has 0 saturated heterocycles. The zero-order chi connectivity index (χ0) is 31.7. The summed E-state index contributed by atoms with van der Waals surface area (Å²) in [7, 11) is 0. The Morgan fingerprint density at radius 1 is 0.644 bits per heavy atom. The summed E-state index contributed by atoms with van der Waals surface area (Å²) in [5.74, 6) is 10.3. The molecule has 0 aromatic carbocycles. The second-order valence-corrected chi connectivity index (χ2v) is 11.4. The molecule has 11 heteroatoms. The summed E-state index contributed by atoms with van der Waals surface area (Å²) in [6.07, 6.45) is 3.03. The second kappa shape index (κ2) is 14.0. The average molecular weight is 658 g/mol. The number of carbonyl (C=O) groups is 2. The van der Waals surface area contributed by atoms with Crippen LogP contribution in [0.1, 0.15) is 98.4 Å². The van der Waals surface area contributed by atoms with E-state index >= 15 is 0 Å². The number of allylic oxidation sites excluding steroid dienone is 4. The fourth-order valence-electron chi connectivity index (χ4n) is 6.21. The number of hydrazine groups is 2. The van der Waals surface area contributed by atoms with E-state index in [1.54, 1.807) is 0 Å². The molecule has 0 radical (unpaired) electrons. The van der Waals surface area contributed by atoms with Gasteiger partial charge in [0.15, 0.2) is 0 Å².